The molecular weight excluding hydrogens is 426 g/mol. The van der Waals surface area contributed by atoms with Crippen molar-refractivity contribution < 1.29 is 14.4 Å². The summed E-state index contributed by atoms with van der Waals surface area (Å²) in [5.74, 6) is 0.881. The molecular formula is C28H35N3O3. The van der Waals surface area contributed by atoms with Crippen LogP contribution in [0.5, 0.6) is 0 Å². The van der Waals surface area contributed by atoms with Crippen LogP contribution < -0.4 is 4.90 Å². The Labute approximate surface area is 202 Å². The van der Waals surface area contributed by atoms with Gasteiger partial charge in [0, 0.05) is 44.9 Å². The number of aromatic nitrogens is 1. The molecule has 3 aromatic rings. The van der Waals surface area contributed by atoms with Gasteiger partial charge in [-0.2, -0.15) is 0 Å². The van der Waals surface area contributed by atoms with Gasteiger partial charge in [0.15, 0.2) is 0 Å². The quantitative estimate of drug-likeness (QED) is 0.479. The van der Waals surface area contributed by atoms with Crippen LogP contribution in [0.25, 0.3) is 11.3 Å². The summed E-state index contributed by atoms with van der Waals surface area (Å²) in [4.78, 5) is 4.65. The summed E-state index contributed by atoms with van der Waals surface area (Å²) in [5.41, 5.74) is 4.23. The molecule has 2 aliphatic rings. The largest absolute Gasteiger partial charge is 0.391 e. The summed E-state index contributed by atoms with van der Waals surface area (Å²) in [6, 6.07) is 20.5. The van der Waals surface area contributed by atoms with Gasteiger partial charge in [0.1, 0.15) is 5.69 Å². The van der Waals surface area contributed by atoms with E-state index in [4.69, 9.17) is 9.26 Å². The highest BCUT2D eigenvalue weighted by Crippen LogP contribution is 2.34. The maximum atomic E-state index is 11.0. The number of aliphatic hydroxyl groups excluding tert-OH is 1. The van der Waals surface area contributed by atoms with Gasteiger partial charge in [-0.25, -0.2) is 0 Å². The van der Waals surface area contributed by atoms with Crippen LogP contribution in [0, 0.1) is 0 Å². The summed E-state index contributed by atoms with van der Waals surface area (Å²) < 4.78 is 11.9. The maximum Gasteiger partial charge on any atom is 0.232 e. The minimum Gasteiger partial charge on any atom is -0.391 e. The molecule has 1 aromatic heterocycles. The molecule has 2 atom stereocenters. The molecule has 0 unspecified atom stereocenters. The predicted octanol–water partition coefficient (Wildman–Crippen LogP) is 4.53. The molecule has 3 heterocycles. The van der Waals surface area contributed by atoms with E-state index >= 15 is 0 Å². The molecule has 0 aliphatic carbocycles. The molecule has 34 heavy (non-hydrogen) atoms. The standard InChI is InChI=1S/C28H35N3O3/c32-24(18-22-10-3-1-4-11-22)19-30(20-25-14-9-17-33-25)21-26-27(23-12-5-2-6-13-23)29-34-28(26)31-15-7-8-16-31/h1-6,10-13,24-25,32H,7-9,14-21H2/t24-,25+/m1/s1. The first-order valence-corrected chi connectivity index (χ1v) is 12.6. The van der Waals surface area contributed by atoms with Crippen LogP contribution in [-0.2, 0) is 17.7 Å². The molecule has 2 aromatic carbocycles. The number of nitrogens with zero attached hydrogens (tertiary/aromatic N) is 3. The van der Waals surface area contributed by atoms with Crippen LogP contribution >= 0.6 is 0 Å². The molecule has 5 rings (SSSR count). The zero-order valence-electron chi connectivity index (χ0n) is 19.8. The number of aliphatic hydroxyl groups is 1. The normalized spacial score (nSPS) is 19.2. The Hall–Kier alpha value is -2.67. The van der Waals surface area contributed by atoms with E-state index < -0.39 is 6.10 Å². The Bertz CT molecular complexity index is 1010. The van der Waals surface area contributed by atoms with Gasteiger partial charge in [0.25, 0.3) is 0 Å². The topological polar surface area (TPSA) is 62.0 Å². The maximum absolute atomic E-state index is 11.0. The average molecular weight is 462 g/mol. The van der Waals surface area contributed by atoms with Gasteiger partial charge in [-0.1, -0.05) is 65.8 Å². The van der Waals surface area contributed by atoms with Crippen molar-refractivity contribution in [1.29, 1.82) is 0 Å². The summed E-state index contributed by atoms with van der Waals surface area (Å²) in [6.45, 7) is 4.87. The third-order valence-corrected chi connectivity index (χ3v) is 6.86. The molecule has 0 amide bonds. The summed E-state index contributed by atoms with van der Waals surface area (Å²) in [6.07, 6.45) is 4.91. The number of hydrogen-bond donors (Lipinski definition) is 1. The number of hydrogen-bond acceptors (Lipinski definition) is 6. The average Bonchev–Trinajstić information content (AvgIpc) is 3.63. The van der Waals surface area contributed by atoms with Gasteiger partial charge >= 0.3 is 0 Å². The van der Waals surface area contributed by atoms with E-state index in [1.807, 2.05) is 36.4 Å². The van der Waals surface area contributed by atoms with Gasteiger partial charge in [0.2, 0.25) is 5.88 Å². The van der Waals surface area contributed by atoms with E-state index in [1.54, 1.807) is 0 Å². The lowest BCUT2D eigenvalue weighted by Gasteiger charge is -2.28. The minimum atomic E-state index is -0.459. The molecule has 2 aliphatic heterocycles. The zero-order valence-corrected chi connectivity index (χ0v) is 19.8. The van der Waals surface area contributed by atoms with E-state index in [1.165, 1.54) is 12.8 Å². The molecule has 0 saturated carbocycles. The summed E-state index contributed by atoms with van der Waals surface area (Å²) in [5, 5.41) is 15.5. The second-order valence-electron chi connectivity index (χ2n) is 9.55. The lowest BCUT2D eigenvalue weighted by atomic mass is 10.0. The van der Waals surface area contributed by atoms with Crippen LogP contribution in [0.3, 0.4) is 0 Å². The van der Waals surface area contributed by atoms with Gasteiger partial charge in [0.05, 0.1) is 17.8 Å². The molecule has 2 saturated heterocycles. The minimum absolute atomic E-state index is 0.208. The van der Waals surface area contributed by atoms with Crippen LogP contribution in [0.4, 0.5) is 5.88 Å². The van der Waals surface area contributed by atoms with Crippen molar-refractivity contribution in [3.05, 3.63) is 71.8 Å². The number of anilines is 1. The van der Waals surface area contributed by atoms with Gasteiger partial charge < -0.3 is 19.3 Å². The number of ether oxygens (including phenoxy) is 1. The summed E-state index contributed by atoms with van der Waals surface area (Å²) in [7, 11) is 0. The van der Waals surface area contributed by atoms with Crippen LogP contribution in [0.1, 0.15) is 36.8 Å². The second-order valence-corrected chi connectivity index (χ2v) is 9.55. The Morgan fingerprint density at radius 1 is 1.00 bits per heavy atom. The molecule has 180 valence electrons. The van der Waals surface area contributed by atoms with Crippen molar-refractivity contribution in [3.8, 4) is 11.3 Å². The smallest absolute Gasteiger partial charge is 0.232 e. The van der Waals surface area contributed by atoms with Crippen molar-refractivity contribution in [2.75, 3.05) is 37.7 Å². The van der Waals surface area contributed by atoms with Gasteiger partial charge in [-0.15, -0.1) is 0 Å². The van der Waals surface area contributed by atoms with E-state index in [2.05, 4.69) is 39.2 Å². The first-order valence-electron chi connectivity index (χ1n) is 12.6. The van der Waals surface area contributed by atoms with Crippen LogP contribution in [-0.4, -0.2) is 60.2 Å². The highest BCUT2D eigenvalue weighted by atomic mass is 16.5. The Balaban J connectivity index is 1.40. The highest BCUT2D eigenvalue weighted by molar-refractivity contribution is 5.68. The number of benzene rings is 2. The molecule has 2 fully saturated rings. The Kier molecular flexibility index (Phi) is 7.59. The highest BCUT2D eigenvalue weighted by Gasteiger charge is 2.28. The predicted molar refractivity (Wildman–Crippen MR) is 134 cm³/mol. The molecule has 6 nitrogen and oxygen atoms in total. The fourth-order valence-corrected chi connectivity index (χ4v) is 5.19. The molecule has 0 spiro atoms. The SMILES string of the molecule is O[C@H](Cc1ccccc1)CN(Cc1c(-c2ccccc2)noc1N1CCCC1)C[C@@H]1CCCO1. The van der Waals surface area contributed by atoms with Crippen LogP contribution in [0.15, 0.2) is 65.2 Å². The summed E-state index contributed by atoms with van der Waals surface area (Å²) >= 11 is 0. The first-order chi connectivity index (χ1) is 16.8. The van der Waals surface area contributed by atoms with Crippen molar-refractivity contribution in [3.63, 3.8) is 0 Å². The fourth-order valence-electron chi connectivity index (χ4n) is 5.19. The van der Waals surface area contributed by atoms with E-state index in [0.717, 1.165) is 67.4 Å². The fraction of sp³-hybridized carbons (Fsp3) is 0.464. The molecule has 1 N–H and O–H groups in total. The monoisotopic (exact) mass is 461 g/mol. The van der Waals surface area contributed by atoms with E-state index in [9.17, 15) is 5.11 Å². The van der Waals surface area contributed by atoms with Crippen LogP contribution in [0.2, 0.25) is 0 Å². The van der Waals surface area contributed by atoms with Gasteiger partial charge in [-0.05, 0) is 37.7 Å². The Morgan fingerprint density at radius 3 is 2.44 bits per heavy atom. The second kappa shape index (κ2) is 11.2. The first kappa shape index (κ1) is 23.1. The van der Waals surface area contributed by atoms with Crippen molar-refractivity contribution in [2.45, 2.75) is 50.9 Å². The number of rotatable bonds is 10. The molecule has 0 radical (unpaired) electrons. The molecule has 6 heteroatoms. The lowest BCUT2D eigenvalue weighted by molar-refractivity contribution is 0.0465. The van der Waals surface area contributed by atoms with E-state index in [0.29, 0.717) is 19.5 Å². The lowest BCUT2D eigenvalue weighted by Crippen LogP contribution is -2.38. The zero-order chi connectivity index (χ0) is 23.2. The van der Waals surface area contributed by atoms with Crippen molar-refractivity contribution in [1.82, 2.24) is 10.1 Å². The van der Waals surface area contributed by atoms with Gasteiger partial charge in [-0.3, -0.25) is 4.90 Å². The van der Waals surface area contributed by atoms with Crippen molar-refractivity contribution in [2.24, 2.45) is 0 Å². The molecule has 0 bridgehead atoms. The Morgan fingerprint density at radius 2 is 1.74 bits per heavy atom. The third-order valence-electron chi connectivity index (χ3n) is 6.86. The van der Waals surface area contributed by atoms with Crippen molar-refractivity contribution >= 4 is 5.88 Å². The third kappa shape index (κ3) is 5.69. The van der Waals surface area contributed by atoms with E-state index in [-0.39, 0.29) is 6.10 Å².